The molecule has 122 valence electrons. The Bertz CT molecular complexity index is 901. The van der Waals surface area contributed by atoms with Crippen LogP contribution in [0.15, 0.2) is 59.8 Å². The van der Waals surface area contributed by atoms with Crippen LogP contribution < -0.4 is 10.9 Å². The molecule has 0 spiro atoms. The van der Waals surface area contributed by atoms with E-state index in [2.05, 4.69) is 15.4 Å². The molecule has 0 unspecified atom stereocenters. The lowest BCUT2D eigenvalue weighted by atomic mass is 10.2. The van der Waals surface area contributed by atoms with Crippen molar-refractivity contribution in [3.05, 3.63) is 75.9 Å². The van der Waals surface area contributed by atoms with Crippen LogP contribution >= 0.6 is 11.6 Å². The lowest BCUT2D eigenvalue weighted by Crippen LogP contribution is -2.26. The fraction of sp³-hybridized carbons (Fsp3) is 0.125. The summed E-state index contributed by atoms with van der Waals surface area (Å²) in [5.41, 5.74) is 0.770. The summed E-state index contributed by atoms with van der Waals surface area (Å²) in [5, 5.41) is 7.42. The number of benzene rings is 1. The van der Waals surface area contributed by atoms with Crippen LogP contribution in [0.1, 0.15) is 5.56 Å². The first-order valence-corrected chi connectivity index (χ1v) is 7.57. The van der Waals surface area contributed by atoms with Gasteiger partial charge in [0.05, 0.1) is 6.54 Å². The Morgan fingerprint density at radius 1 is 1.17 bits per heavy atom. The molecule has 3 rings (SSSR count). The number of carbonyl (C=O) groups is 1. The Labute approximate surface area is 142 Å². The van der Waals surface area contributed by atoms with Crippen LogP contribution in [0.3, 0.4) is 0 Å². The molecule has 7 nitrogen and oxygen atoms in total. The zero-order valence-corrected chi connectivity index (χ0v) is 13.3. The smallest absolute Gasteiger partial charge is 0.250 e. The molecule has 0 aliphatic carbocycles. The van der Waals surface area contributed by atoms with E-state index in [0.29, 0.717) is 11.6 Å². The first-order chi connectivity index (χ1) is 11.6. The van der Waals surface area contributed by atoms with Crippen LogP contribution in [0.2, 0.25) is 5.02 Å². The van der Waals surface area contributed by atoms with Crippen molar-refractivity contribution in [1.29, 1.82) is 0 Å². The average Bonchev–Trinajstić information content (AvgIpc) is 2.99. The molecule has 24 heavy (non-hydrogen) atoms. The number of rotatable bonds is 5. The fourth-order valence-corrected chi connectivity index (χ4v) is 2.24. The SMILES string of the molecule is O=C(Cn1ccccc1=O)Nc1ncn(Cc2ccc(Cl)cc2)n1. The summed E-state index contributed by atoms with van der Waals surface area (Å²) in [4.78, 5) is 27.6. The molecule has 1 N–H and O–H groups in total. The molecule has 0 aliphatic heterocycles. The second kappa shape index (κ2) is 7.10. The van der Waals surface area contributed by atoms with E-state index in [0.717, 1.165) is 5.56 Å². The minimum atomic E-state index is -0.368. The second-order valence-electron chi connectivity index (χ2n) is 5.11. The topological polar surface area (TPSA) is 81.8 Å². The Morgan fingerprint density at radius 3 is 2.71 bits per heavy atom. The monoisotopic (exact) mass is 343 g/mol. The minimum Gasteiger partial charge on any atom is -0.306 e. The molecule has 8 heteroatoms. The first-order valence-electron chi connectivity index (χ1n) is 7.19. The van der Waals surface area contributed by atoms with Crippen LogP contribution in [0.25, 0.3) is 0 Å². The molecule has 3 aromatic rings. The summed E-state index contributed by atoms with van der Waals surface area (Å²) >= 11 is 5.85. The van der Waals surface area contributed by atoms with E-state index >= 15 is 0 Å². The normalized spacial score (nSPS) is 10.5. The first kappa shape index (κ1) is 15.9. The third-order valence-electron chi connectivity index (χ3n) is 3.26. The van der Waals surface area contributed by atoms with Gasteiger partial charge < -0.3 is 4.57 Å². The molecule has 1 aromatic carbocycles. The number of hydrogen-bond donors (Lipinski definition) is 1. The number of hydrogen-bond acceptors (Lipinski definition) is 4. The maximum Gasteiger partial charge on any atom is 0.250 e. The average molecular weight is 344 g/mol. The number of amides is 1. The summed E-state index contributed by atoms with van der Waals surface area (Å²) in [6.45, 7) is 0.420. The highest BCUT2D eigenvalue weighted by molar-refractivity contribution is 6.30. The van der Waals surface area contributed by atoms with E-state index in [1.54, 1.807) is 35.1 Å². The highest BCUT2D eigenvalue weighted by Crippen LogP contribution is 2.10. The maximum atomic E-state index is 12.0. The van der Waals surface area contributed by atoms with Crippen LogP contribution in [0.4, 0.5) is 5.95 Å². The van der Waals surface area contributed by atoms with Gasteiger partial charge in [-0.05, 0) is 23.8 Å². The molecule has 0 aliphatic rings. The highest BCUT2D eigenvalue weighted by atomic mass is 35.5. The van der Waals surface area contributed by atoms with Gasteiger partial charge in [0.2, 0.25) is 11.9 Å². The van der Waals surface area contributed by atoms with Gasteiger partial charge >= 0.3 is 0 Å². The molecule has 1 amide bonds. The Kier molecular flexibility index (Phi) is 4.72. The van der Waals surface area contributed by atoms with Gasteiger partial charge in [-0.25, -0.2) is 9.67 Å². The number of nitrogens with zero attached hydrogens (tertiary/aromatic N) is 4. The second-order valence-corrected chi connectivity index (χ2v) is 5.54. The van der Waals surface area contributed by atoms with E-state index in [1.165, 1.54) is 17.0 Å². The molecule has 0 fully saturated rings. The zero-order valence-electron chi connectivity index (χ0n) is 12.6. The molecule has 2 heterocycles. The number of aromatic nitrogens is 4. The van der Waals surface area contributed by atoms with Crippen molar-refractivity contribution in [1.82, 2.24) is 19.3 Å². The summed E-state index contributed by atoms with van der Waals surface area (Å²) in [6, 6.07) is 12.1. The molecule has 0 radical (unpaired) electrons. The van der Waals surface area contributed by atoms with Crippen molar-refractivity contribution >= 4 is 23.5 Å². The zero-order chi connectivity index (χ0) is 16.9. The largest absolute Gasteiger partial charge is 0.306 e. The molecule has 0 saturated carbocycles. The molecule has 0 atom stereocenters. The summed E-state index contributed by atoms with van der Waals surface area (Å²) in [6.07, 6.45) is 3.08. The quantitative estimate of drug-likeness (QED) is 0.765. The summed E-state index contributed by atoms with van der Waals surface area (Å²) < 4.78 is 2.91. The van der Waals surface area contributed by atoms with Crippen molar-refractivity contribution in [2.75, 3.05) is 5.32 Å². The van der Waals surface area contributed by atoms with Gasteiger partial charge in [-0.2, -0.15) is 0 Å². The van der Waals surface area contributed by atoms with Crippen LogP contribution in [0.5, 0.6) is 0 Å². The number of carbonyl (C=O) groups excluding carboxylic acids is 1. The van der Waals surface area contributed by atoms with Crippen molar-refractivity contribution in [3.63, 3.8) is 0 Å². The number of nitrogens with one attached hydrogen (secondary N) is 1. The molecule has 0 saturated heterocycles. The predicted molar refractivity (Wildman–Crippen MR) is 89.9 cm³/mol. The Balaban J connectivity index is 1.61. The minimum absolute atomic E-state index is 0.0919. The standard InChI is InChI=1S/C16H14ClN5O2/c17-13-6-4-12(5-7-13)9-22-11-18-16(20-22)19-14(23)10-21-8-2-1-3-15(21)24/h1-8,11H,9-10H2,(H,19,20,23). The van der Waals surface area contributed by atoms with Crippen molar-refractivity contribution < 1.29 is 4.79 Å². The molecule has 2 aromatic heterocycles. The lowest BCUT2D eigenvalue weighted by molar-refractivity contribution is -0.116. The molecule has 0 bridgehead atoms. The van der Waals surface area contributed by atoms with Gasteiger partial charge in [-0.15, -0.1) is 5.10 Å². The molecular weight excluding hydrogens is 330 g/mol. The van der Waals surface area contributed by atoms with E-state index in [9.17, 15) is 9.59 Å². The van der Waals surface area contributed by atoms with E-state index < -0.39 is 0 Å². The third-order valence-corrected chi connectivity index (χ3v) is 3.51. The van der Waals surface area contributed by atoms with Gasteiger partial charge in [0.1, 0.15) is 12.9 Å². The summed E-state index contributed by atoms with van der Waals surface area (Å²) in [5.74, 6) is -0.175. The van der Waals surface area contributed by atoms with Gasteiger partial charge in [-0.1, -0.05) is 29.8 Å². The van der Waals surface area contributed by atoms with Crippen molar-refractivity contribution in [2.45, 2.75) is 13.1 Å². The van der Waals surface area contributed by atoms with Crippen LogP contribution in [0, 0.1) is 0 Å². The Hall–Kier alpha value is -2.93. The fourth-order valence-electron chi connectivity index (χ4n) is 2.12. The summed E-state index contributed by atoms with van der Waals surface area (Å²) in [7, 11) is 0. The number of pyridine rings is 1. The van der Waals surface area contributed by atoms with Crippen molar-refractivity contribution in [2.24, 2.45) is 0 Å². The highest BCUT2D eigenvalue weighted by Gasteiger charge is 2.08. The maximum absolute atomic E-state index is 12.0. The van der Waals surface area contributed by atoms with E-state index in [-0.39, 0.29) is 24.0 Å². The van der Waals surface area contributed by atoms with Crippen LogP contribution in [-0.2, 0) is 17.9 Å². The Morgan fingerprint density at radius 2 is 1.96 bits per heavy atom. The van der Waals surface area contributed by atoms with Crippen LogP contribution in [-0.4, -0.2) is 25.2 Å². The van der Waals surface area contributed by atoms with Gasteiger partial charge in [0, 0.05) is 17.3 Å². The number of halogens is 1. The third kappa shape index (κ3) is 4.08. The lowest BCUT2D eigenvalue weighted by Gasteiger charge is -2.04. The molecular formula is C16H14ClN5O2. The predicted octanol–water partition coefficient (Wildman–Crippen LogP) is 1.78. The number of anilines is 1. The van der Waals surface area contributed by atoms with Gasteiger partial charge in [0.25, 0.3) is 5.56 Å². The van der Waals surface area contributed by atoms with Gasteiger partial charge in [-0.3, -0.25) is 14.9 Å². The van der Waals surface area contributed by atoms with Crippen molar-refractivity contribution in [3.8, 4) is 0 Å². The van der Waals surface area contributed by atoms with E-state index in [1.807, 2.05) is 12.1 Å². The van der Waals surface area contributed by atoms with Gasteiger partial charge in [0.15, 0.2) is 0 Å². The van der Waals surface area contributed by atoms with E-state index in [4.69, 9.17) is 11.6 Å².